The summed E-state index contributed by atoms with van der Waals surface area (Å²) in [5.74, 6) is 0. The molecule has 96 valence electrons. The van der Waals surface area contributed by atoms with Crippen molar-refractivity contribution in [2.45, 2.75) is 31.1 Å². The molecule has 0 aliphatic heterocycles. The van der Waals surface area contributed by atoms with Crippen LogP contribution in [0.4, 0.5) is 39.5 Å². The number of hydrogen-bond acceptors (Lipinski definition) is 0. The second-order valence-corrected chi connectivity index (χ2v) is 11.8. The average molecular weight is 364 g/mol. The second-order valence-electron chi connectivity index (χ2n) is 3.32. The Morgan fingerprint density at radius 2 is 0.688 bits per heavy atom. The Hall–Kier alpha value is 0.240. The Morgan fingerprint density at radius 1 is 0.500 bits per heavy atom. The first-order valence-electron chi connectivity index (χ1n) is 3.99. The summed E-state index contributed by atoms with van der Waals surface area (Å²) in [7, 11) is 0. The fraction of sp³-hybridized carbons (Fsp3) is 1.00. The molecular formula is C6H6F9In. The fourth-order valence-electron chi connectivity index (χ4n) is 1.20. The second kappa shape index (κ2) is 5.26. The summed E-state index contributed by atoms with van der Waals surface area (Å²) in [5.41, 5.74) is 0. The van der Waals surface area contributed by atoms with E-state index in [0.29, 0.717) is 0 Å². The molecule has 0 radical (unpaired) electrons. The van der Waals surface area contributed by atoms with Gasteiger partial charge in [0, 0.05) is 0 Å². The predicted octanol–water partition coefficient (Wildman–Crippen LogP) is 4.17. The molecule has 0 saturated carbocycles. The Balaban J connectivity index is 4.53. The van der Waals surface area contributed by atoms with Gasteiger partial charge in [-0.3, -0.25) is 0 Å². The average Bonchev–Trinajstić information content (AvgIpc) is 1.70. The van der Waals surface area contributed by atoms with Gasteiger partial charge >= 0.3 is 92.0 Å². The first kappa shape index (κ1) is 16.2. The van der Waals surface area contributed by atoms with Gasteiger partial charge < -0.3 is 0 Å². The van der Waals surface area contributed by atoms with Gasteiger partial charge in [0.2, 0.25) is 0 Å². The maximum absolute atomic E-state index is 11.8. The summed E-state index contributed by atoms with van der Waals surface area (Å²) in [4.78, 5) is 0. The standard InChI is InChI=1S/3C2H2F3.In/c3*1-2(3,4)5;/h3*1H2;. The van der Waals surface area contributed by atoms with Gasteiger partial charge in [0.05, 0.1) is 0 Å². The molecule has 0 N–H and O–H groups in total. The maximum atomic E-state index is 11.8. The number of alkyl halides is 9. The summed E-state index contributed by atoms with van der Waals surface area (Å²) >= 11 is -4.74. The van der Waals surface area contributed by atoms with Crippen LogP contribution in [0.1, 0.15) is 0 Å². The van der Waals surface area contributed by atoms with Crippen LogP contribution < -0.4 is 0 Å². The summed E-state index contributed by atoms with van der Waals surface area (Å²) in [5, 5.41) is 0. The Labute approximate surface area is 92.3 Å². The van der Waals surface area contributed by atoms with Crippen LogP contribution in [0.3, 0.4) is 0 Å². The van der Waals surface area contributed by atoms with Crippen LogP contribution in [0, 0.1) is 0 Å². The summed E-state index contributed by atoms with van der Waals surface area (Å²) in [6.07, 6.45) is -14.8. The normalized spacial score (nSPS) is 14.1. The van der Waals surface area contributed by atoms with Gasteiger partial charge in [-0.15, -0.1) is 0 Å². The Kier molecular flexibility index (Phi) is 5.34. The van der Waals surface area contributed by atoms with Gasteiger partial charge in [0.25, 0.3) is 0 Å². The van der Waals surface area contributed by atoms with Crippen LogP contribution in [0.5, 0.6) is 0 Å². The molecule has 10 heteroatoms. The molecule has 0 rings (SSSR count). The van der Waals surface area contributed by atoms with Crippen LogP contribution in [0.25, 0.3) is 0 Å². The van der Waals surface area contributed by atoms with Gasteiger partial charge in [0.1, 0.15) is 0 Å². The quantitative estimate of drug-likeness (QED) is 0.660. The molecule has 0 nitrogen and oxygen atoms in total. The molecule has 0 aromatic heterocycles. The van der Waals surface area contributed by atoms with Crippen molar-refractivity contribution in [3.8, 4) is 0 Å². The van der Waals surface area contributed by atoms with E-state index in [0.717, 1.165) is 0 Å². The predicted molar refractivity (Wildman–Crippen MR) is 38.3 cm³/mol. The van der Waals surface area contributed by atoms with E-state index >= 15 is 0 Å². The summed E-state index contributed by atoms with van der Waals surface area (Å²) in [6.45, 7) is 0. The zero-order valence-corrected chi connectivity index (χ0v) is 10.9. The summed E-state index contributed by atoms with van der Waals surface area (Å²) < 4.78 is 100. The van der Waals surface area contributed by atoms with Crippen molar-refractivity contribution in [2.24, 2.45) is 0 Å². The Morgan fingerprint density at radius 3 is 0.812 bits per heavy atom. The monoisotopic (exact) mass is 364 g/mol. The van der Waals surface area contributed by atoms with Crippen molar-refractivity contribution in [1.82, 2.24) is 0 Å². The van der Waals surface area contributed by atoms with Crippen LogP contribution in [-0.4, -0.2) is 40.0 Å². The topological polar surface area (TPSA) is 0 Å². The number of halogens is 9. The van der Waals surface area contributed by atoms with Gasteiger partial charge in [-0.2, -0.15) is 0 Å². The zero-order valence-electron chi connectivity index (χ0n) is 7.60. The van der Waals surface area contributed by atoms with E-state index in [9.17, 15) is 39.5 Å². The molecular weight excluding hydrogens is 358 g/mol. The van der Waals surface area contributed by atoms with Crippen molar-refractivity contribution < 1.29 is 39.5 Å². The van der Waals surface area contributed by atoms with Crippen LogP contribution in [-0.2, 0) is 0 Å². The SMILES string of the molecule is FC(F)(F)[CH2][In]([CH2]C(F)(F)F)[CH2]C(F)(F)F. The molecule has 0 fully saturated rings. The molecule has 16 heavy (non-hydrogen) atoms. The first-order valence-corrected chi connectivity index (χ1v) is 11.0. The molecule has 0 unspecified atom stereocenters. The van der Waals surface area contributed by atoms with Gasteiger partial charge in [-0.25, -0.2) is 0 Å². The molecule has 0 spiro atoms. The number of rotatable bonds is 3. The first-order chi connectivity index (χ1) is 6.79. The molecule has 0 aromatic rings. The van der Waals surface area contributed by atoms with E-state index in [1.165, 1.54) is 0 Å². The molecule has 0 aliphatic carbocycles. The minimum atomic E-state index is -4.95. The van der Waals surface area contributed by atoms with E-state index < -0.39 is 52.5 Å². The fourth-order valence-corrected chi connectivity index (χ4v) is 8.04. The van der Waals surface area contributed by atoms with E-state index in [2.05, 4.69) is 0 Å². The molecule has 0 bridgehead atoms. The van der Waals surface area contributed by atoms with E-state index in [-0.39, 0.29) is 0 Å². The molecule has 0 aliphatic rings. The van der Waals surface area contributed by atoms with Gasteiger partial charge in [0.15, 0.2) is 0 Å². The third kappa shape index (κ3) is 10.7. The van der Waals surface area contributed by atoms with Crippen molar-refractivity contribution in [3.63, 3.8) is 0 Å². The number of hydrogen-bond donors (Lipinski definition) is 0. The van der Waals surface area contributed by atoms with Crippen LogP contribution >= 0.6 is 0 Å². The summed E-state index contributed by atoms with van der Waals surface area (Å²) in [6, 6.07) is 0. The van der Waals surface area contributed by atoms with Gasteiger partial charge in [-0.1, -0.05) is 0 Å². The van der Waals surface area contributed by atoms with E-state index in [4.69, 9.17) is 0 Å². The molecule has 0 saturated heterocycles. The van der Waals surface area contributed by atoms with Crippen molar-refractivity contribution in [1.29, 1.82) is 0 Å². The van der Waals surface area contributed by atoms with E-state index in [1.807, 2.05) is 0 Å². The van der Waals surface area contributed by atoms with E-state index in [1.54, 1.807) is 0 Å². The molecule has 0 aromatic carbocycles. The minimum absolute atomic E-state index is 1.88. The van der Waals surface area contributed by atoms with Crippen molar-refractivity contribution in [2.75, 3.05) is 0 Å². The van der Waals surface area contributed by atoms with Crippen molar-refractivity contribution in [3.05, 3.63) is 0 Å². The zero-order chi connectivity index (χ0) is 13.2. The van der Waals surface area contributed by atoms with Crippen molar-refractivity contribution >= 4 is 21.4 Å². The molecule has 0 amide bonds. The molecule has 0 heterocycles. The van der Waals surface area contributed by atoms with Crippen LogP contribution in [0.2, 0.25) is 12.5 Å². The third-order valence-corrected chi connectivity index (χ3v) is 10.5. The third-order valence-electron chi connectivity index (χ3n) is 1.56. The van der Waals surface area contributed by atoms with Crippen LogP contribution in [0.15, 0.2) is 0 Å². The molecule has 0 atom stereocenters. The Bertz CT molecular complexity index is 173. The van der Waals surface area contributed by atoms with Gasteiger partial charge in [-0.05, 0) is 0 Å².